The fourth-order valence-electron chi connectivity index (χ4n) is 1.99. The van der Waals surface area contributed by atoms with Crippen molar-refractivity contribution in [2.24, 2.45) is 5.41 Å². The molecule has 0 aliphatic heterocycles. The van der Waals surface area contributed by atoms with Crippen LogP contribution < -0.4 is 5.32 Å². The number of hydrogen-bond donors (Lipinski definition) is 2. The van der Waals surface area contributed by atoms with Crippen LogP contribution in [0.1, 0.15) is 39.5 Å². The fraction of sp³-hybridized carbons (Fsp3) is 0.909. The minimum Gasteiger partial charge on any atom is -0.396 e. The third-order valence-electron chi connectivity index (χ3n) is 3.16. The Morgan fingerprint density at radius 1 is 1.47 bits per heavy atom. The molecule has 1 saturated carbocycles. The quantitative estimate of drug-likeness (QED) is 0.771. The number of nitrogens with one attached hydrogen (secondary N) is 1. The van der Waals surface area contributed by atoms with Crippen LogP contribution in [-0.4, -0.2) is 28.5 Å². The van der Waals surface area contributed by atoms with Crippen molar-refractivity contribution in [3.63, 3.8) is 0 Å². The zero-order valence-electron chi connectivity index (χ0n) is 9.48. The number of aliphatic hydroxyl groups excluding tert-OH is 1. The van der Waals surface area contributed by atoms with Crippen LogP contribution in [0.3, 0.4) is 0 Å². The summed E-state index contributed by atoms with van der Waals surface area (Å²) in [5, 5.41) is 12.3. The van der Waals surface area contributed by atoms with E-state index in [1.807, 2.05) is 13.8 Å². The Hall–Kier alpha value is -0.0900. The van der Waals surface area contributed by atoms with E-state index in [0.29, 0.717) is 6.54 Å². The second kappa shape index (κ2) is 4.83. The molecule has 0 bridgehead atoms. The highest BCUT2D eigenvalue weighted by atomic mass is 79.9. The normalized spacial score (nSPS) is 20.3. The molecule has 88 valence electrons. The zero-order chi connectivity index (χ0) is 11.5. The largest absolute Gasteiger partial charge is 0.396 e. The van der Waals surface area contributed by atoms with Crippen molar-refractivity contribution >= 4 is 21.8 Å². The molecule has 1 aliphatic rings. The lowest BCUT2D eigenvalue weighted by atomic mass is 9.87. The van der Waals surface area contributed by atoms with Crippen LogP contribution in [0.5, 0.6) is 0 Å². The summed E-state index contributed by atoms with van der Waals surface area (Å²) in [5.74, 6) is -0.0118. The number of alkyl halides is 1. The minimum absolute atomic E-state index is 0.0118. The molecule has 0 aromatic heterocycles. The highest BCUT2D eigenvalue weighted by Gasteiger charge is 2.34. The van der Waals surface area contributed by atoms with E-state index in [1.54, 1.807) is 0 Å². The molecule has 0 radical (unpaired) electrons. The Kier molecular flexibility index (Phi) is 4.18. The Morgan fingerprint density at radius 3 is 2.40 bits per heavy atom. The van der Waals surface area contributed by atoms with E-state index < -0.39 is 4.32 Å². The number of carbonyl (C=O) groups excluding carboxylic acids is 1. The van der Waals surface area contributed by atoms with Gasteiger partial charge in [-0.2, -0.15) is 0 Å². The molecule has 0 aromatic carbocycles. The molecule has 0 heterocycles. The van der Waals surface area contributed by atoms with Crippen molar-refractivity contribution < 1.29 is 9.90 Å². The van der Waals surface area contributed by atoms with Crippen molar-refractivity contribution in [2.45, 2.75) is 43.9 Å². The summed E-state index contributed by atoms with van der Waals surface area (Å²) in [6, 6.07) is 0. The van der Waals surface area contributed by atoms with E-state index in [-0.39, 0.29) is 17.9 Å². The van der Waals surface area contributed by atoms with Gasteiger partial charge in [0.05, 0.1) is 10.9 Å². The molecule has 1 fully saturated rings. The van der Waals surface area contributed by atoms with E-state index in [9.17, 15) is 9.90 Å². The number of carbonyl (C=O) groups is 1. The van der Waals surface area contributed by atoms with Crippen LogP contribution in [0.15, 0.2) is 0 Å². The number of halogens is 1. The summed E-state index contributed by atoms with van der Waals surface area (Å²) in [4.78, 5) is 11.6. The van der Waals surface area contributed by atoms with Gasteiger partial charge in [-0.1, -0.05) is 28.8 Å². The van der Waals surface area contributed by atoms with Gasteiger partial charge in [0.15, 0.2) is 0 Å². The van der Waals surface area contributed by atoms with Crippen LogP contribution in [0.4, 0.5) is 0 Å². The fourth-order valence-corrected chi connectivity index (χ4v) is 2.13. The molecular weight excluding hydrogens is 258 g/mol. The third kappa shape index (κ3) is 3.45. The Balaban J connectivity index is 2.45. The van der Waals surface area contributed by atoms with Crippen molar-refractivity contribution in [1.82, 2.24) is 5.32 Å². The van der Waals surface area contributed by atoms with Crippen LogP contribution in [0, 0.1) is 5.41 Å². The van der Waals surface area contributed by atoms with Crippen molar-refractivity contribution in [2.75, 3.05) is 13.2 Å². The van der Waals surface area contributed by atoms with Crippen molar-refractivity contribution in [3.05, 3.63) is 0 Å². The number of aliphatic hydroxyl groups is 1. The van der Waals surface area contributed by atoms with E-state index in [4.69, 9.17) is 0 Å². The highest BCUT2D eigenvalue weighted by molar-refractivity contribution is 9.10. The molecular formula is C11H20BrNO2. The smallest absolute Gasteiger partial charge is 0.236 e. The molecule has 1 rings (SSSR count). The van der Waals surface area contributed by atoms with Gasteiger partial charge < -0.3 is 10.4 Å². The van der Waals surface area contributed by atoms with E-state index in [1.165, 1.54) is 0 Å². The minimum atomic E-state index is -0.526. The van der Waals surface area contributed by atoms with E-state index in [0.717, 1.165) is 25.7 Å². The zero-order valence-corrected chi connectivity index (χ0v) is 11.1. The predicted molar refractivity (Wildman–Crippen MR) is 64.0 cm³/mol. The van der Waals surface area contributed by atoms with Crippen molar-refractivity contribution in [3.8, 4) is 0 Å². The van der Waals surface area contributed by atoms with Crippen molar-refractivity contribution in [1.29, 1.82) is 0 Å². The van der Waals surface area contributed by atoms with Gasteiger partial charge in [-0.3, -0.25) is 4.79 Å². The average molecular weight is 278 g/mol. The SMILES string of the molecule is CC(C)(Br)C(=O)NCC1(CO)CCCC1. The topological polar surface area (TPSA) is 49.3 Å². The lowest BCUT2D eigenvalue weighted by molar-refractivity contribution is -0.123. The number of hydrogen-bond acceptors (Lipinski definition) is 2. The third-order valence-corrected chi connectivity index (χ3v) is 3.52. The molecule has 1 amide bonds. The standard InChI is InChI=1S/C11H20BrNO2/c1-10(2,12)9(15)13-7-11(8-14)5-3-4-6-11/h14H,3-8H2,1-2H3,(H,13,15). The Morgan fingerprint density at radius 2 is 2.00 bits per heavy atom. The van der Waals surface area contributed by atoms with E-state index >= 15 is 0 Å². The molecule has 15 heavy (non-hydrogen) atoms. The van der Waals surface area contributed by atoms with Crippen LogP contribution >= 0.6 is 15.9 Å². The number of rotatable bonds is 4. The summed E-state index contributed by atoms with van der Waals surface area (Å²) in [6.07, 6.45) is 4.36. The maximum Gasteiger partial charge on any atom is 0.236 e. The van der Waals surface area contributed by atoms with Crippen LogP contribution in [0.25, 0.3) is 0 Å². The molecule has 2 N–H and O–H groups in total. The molecule has 0 atom stereocenters. The summed E-state index contributed by atoms with van der Waals surface area (Å²) in [6.45, 7) is 4.42. The van der Waals surface area contributed by atoms with Gasteiger partial charge in [0, 0.05) is 12.0 Å². The number of amides is 1. The maximum atomic E-state index is 11.6. The average Bonchev–Trinajstić information content (AvgIpc) is 2.62. The predicted octanol–water partition coefficient (Wildman–Crippen LogP) is 1.83. The second-order valence-electron chi connectivity index (χ2n) is 5.02. The first-order valence-corrected chi connectivity index (χ1v) is 6.27. The summed E-state index contributed by atoms with van der Waals surface area (Å²) >= 11 is 3.32. The lowest BCUT2D eigenvalue weighted by Crippen LogP contribution is -2.44. The highest BCUT2D eigenvalue weighted by Crippen LogP contribution is 2.37. The van der Waals surface area contributed by atoms with Crippen LogP contribution in [0.2, 0.25) is 0 Å². The summed E-state index contributed by atoms with van der Waals surface area (Å²) < 4.78 is -0.526. The molecule has 1 aliphatic carbocycles. The van der Waals surface area contributed by atoms with Gasteiger partial charge in [-0.25, -0.2) is 0 Å². The molecule has 0 unspecified atom stereocenters. The van der Waals surface area contributed by atoms with Gasteiger partial charge in [0.1, 0.15) is 0 Å². The second-order valence-corrected chi connectivity index (χ2v) is 7.00. The molecule has 0 saturated heterocycles. The molecule has 0 aromatic rings. The van der Waals surface area contributed by atoms with Crippen LogP contribution in [-0.2, 0) is 4.79 Å². The van der Waals surface area contributed by atoms with Gasteiger partial charge in [-0.05, 0) is 26.7 Å². The van der Waals surface area contributed by atoms with Gasteiger partial charge >= 0.3 is 0 Å². The summed E-state index contributed by atoms with van der Waals surface area (Å²) in [7, 11) is 0. The first-order chi connectivity index (χ1) is 6.90. The van der Waals surface area contributed by atoms with Gasteiger partial charge in [-0.15, -0.1) is 0 Å². The van der Waals surface area contributed by atoms with E-state index in [2.05, 4.69) is 21.2 Å². The lowest BCUT2D eigenvalue weighted by Gasteiger charge is -2.28. The molecule has 4 heteroatoms. The van der Waals surface area contributed by atoms with Gasteiger partial charge in [0.25, 0.3) is 0 Å². The first-order valence-electron chi connectivity index (χ1n) is 5.48. The Bertz CT molecular complexity index is 229. The first kappa shape index (κ1) is 13.0. The molecule has 0 spiro atoms. The van der Waals surface area contributed by atoms with Gasteiger partial charge in [0.2, 0.25) is 5.91 Å². The monoisotopic (exact) mass is 277 g/mol. The Labute approximate surface area is 99.8 Å². The maximum absolute atomic E-state index is 11.6. The summed E-state index contributed by atoms with van der Waals surface area (Å²) in [5.41, 5.74) is -0.0616. The molecule has 3 nitrogen and oxygen atoms in total.